The summed E-state index contributed by atoms with van der Waals surface area (Å²) >= 11 is 5.65. The van der Waals surface area contributed by atoms with E-state index in [9.17, 15) is 4.39 Å². The van der Waals surface area contributed by atoms with Crippen molar-refractivity contribution in [2.45, 2.75) is 0 Å². The standard InChI is InChI=1S/C9H4BClFN/c10-7-1-6-4-13-9(11)3-5(6)2-8(7)12/h1-4H. The molecule has 0 aliphatic rings. The SMILES string of the molecule is [B]c1cc2cnc(Cl)cc2cc1F. The second kappa shape index (κ2) is 3.00. The van der Waals surface area contributed by atoms with Gasteiger partial charge >= 0.3 is 0 Å². The molecule has 0 fully saturated rings. The smallest absolute Gasteiger partial charge is 0.129 e. The first-order valence-electron chi connectivity index (χ1n) is 3.67. The molecule has 0 spiro atoms. The summed E-state index contributed by atoms with van der Waals surface area (Å²) in [6, 6.07) is 4.48. The van der Waals surface area contributed by atoms with Gasteiger partial charge in [0.1, 0.15) is 18.8 Å². The van der Waals surface area contributed by atoms with Crippen LogP contribution in [0.1, 0.15) is 0 Å². The molecule has 0 saturated heterocycles. The molecular formula is C9H4BClFN. The van der Waals surface area contributed by atoms with E-state index in [2.05, 4.69) is 4.98 Å². The molecule has 2 rings (SSSR count). The maximum Gasteiger partial charge on any atom is 0.129 e. The van der Waals surface area contributed by atoms with Gasteiger partial charge in [-0.3, -0.25) is 0 Å². The Hall–Kier alpha value is -1.09. The highest BCUT2D eigenvalue weighted by Crippen LogP contribution is 2.16. The highest BCUT2D eigenvalue weighted by molar-refractivity contribution is 6.33. The number of aromatic nitrogens is 1. The van der Waals surface area contributed by atoms with E-state index in [0.29, 0.717) is 10.5 Å². The molecule has 62 valence electrons. The first kappa shape index (κ1) is 8.51. The van der Waals surface area contributed by atoms with Crippen molar-refractivity contribution in [2.24, 2.45) is 0 Å². The minimum absolute atomic E-state index is 0.122. The van der Waals surface area contributed by atoms with Gasteiger partial charge in [0.2, 0.25) is 0 Å². The molecule has 0 atom stereocenters. The van der Waals surface area contributed by atoms with Crippen LogP contribution in [0.4, 0.5) is 4.39 Å². The molecule has 0 unspecified atom stereocenters. The van der Waals surface area contributed by atoms with Crippen LogP contribution in [0.5, 0.6) is 0 Å². The molecule has 0 aliphatic carbocycles. The van der Waals surface area contributed by atoms with Crippen LogP contribution < -0.4 is 5.46 Å². The third-order valence-corrected chi connectivity index (χ3v) is 2.01. The van der Waals surface area contributed by atoms with Crippen molar-refractivity contribution in [3.8, 4) is 0 Å². The van der Waals surface area contributed by atoms with Gasteiger partial charge in [0.05, 0.1) is 0 Å². The highest BCUT2D eigenvalue weighted by Gasteiger charge is 2.00. The predicted octanol–water partition coefficient (Wildman–Crippen LogP) is 1.82. The van der Waals surface area contributed by atoms with Crippen LogP contribution in [0.3, 0.4) is 0 Å². The molecule has 0 saturated carbocycles. The second-order valence-electron chi connectivity index (χ2n) is 2.73. The lowest BCUT2D eigenvalue weighted by atomic mass is 9.93. The zero-order valence-electron chi connectivity index (χ0n) is 6.59. The Morgan fingerprint density at radius 1 is 1.23 bits per heavy atom. The number of fused-ring (bicyclic) bond motifs is 1. The van der Waals surface area contributed by atoms with Crippen LogP contribution >= 0.6 is 11.6 Å². The normalized spacial score (nSPS) is 10.6. The summed E-state index contributed by atoms with van der Waals surface area (Å²) in [4.78, 5) is 3.87. The minimum Gasteiger partial charge on any atom is -0.244 e. The molecule has 1 nitrogen and oxygen atoms in total. The number of hydrogen-bond acceptors (Lipinski definition) is 1. The van der Waals surface area contributed by atoms with Crippen LogP contribution in [0.25, 0.3) is 10.8 Å². The van der Waals surface area contributed by atoms with E-state index in [1.807, 2.05) is 0 Å². The lowest BCUT2D eigenvalue weighted by Gasteiger charge is -2.01. The molecule has 0 N–H and O–H groups in total. The number of halogens is 2. The molecule has 4 heteroatoms. The fourth-order valence-electron chi connectivity index (χ4n) is 1.16. The Labute approximate surface area is 81.0 Å². The van der Waals surface area contributed by atoms with E-state index in [1.54, 1.807) is 12.3 Å². The third-order valence-electron chi connectivity index (χ3n) is 1.80. The van der Waals surface area contributed by atoms with Crippen LogP contribution in [-0.2, 0) is 0 Å². The van der Waals surface area contributed by atoms with Gasteiger partial charge in [0.25, 0.3) is 0 Å². The quantitative estimate of drug-likeness (QED) is 0.457. The fourth-order valence-corrected chi connectivity index (χ4v) is 1.32. The topological polar surface area (TPSA) is 12.9 Å². The number of pyridine rings is 1. The summed E-state index contributed by atoms with van der Waals surface area (Å²) in [7, 11) is 5.39. The van der Waals surface area contributed by atoms with E-state index in [0.717, 1.165) is 5.39 Å². The fraction of sp³-hybridized carbons (Fsp3) is 0. The van der Waals surface area contributed by atoms with Gasteiger partial charge in [-0.05, 0) is 22.9 Å². The second-order valence-corrected chi connectivity index (χ2v) is 3.12. The number of hydrogen-bond donors (Lipinski definition) is 0. The maximum atomic E-state index is 13.0. The highest BCUT2D eigenvalue weighted by atomic mass is 35.5. The summed E-state index contributed by atoms with van der Waals surface area (Å²) in [5.74, 6) is -0.435. The van der Waals surface area contributed by atoms with Crippen molar-refractivity contribution < 1.29 is 4.39 Å². The number of rotatable bonds is 0. The molecule has 0 amide bonds. The van der Waals surface area contributed by atoms with Gasteiger partial charge in [-0.25, -0.2) is 9.37 Å². The van der Waals surface area contributed by atoms with Crippen molar-refractivity contribution in [2.75, 3.05) is 0 Å². The zero-order valence-corrected chi connectivity index (χ0v) is 7.35. The van der Waals surface area contributed by atoms with Crippen molar-refractivity contribution >= 4 is 35.7 Å². The van der Waals surface area contributed by atoms with Crippen LogP contribution in [-0.4, -0.2) is 12.8 Å². The summed E-state index contributed by atoms with van der Waals surface area (Å²) in [6.45, 7) is 0. The van der Waals surface area contributed by atoms with Gasteiger partial charge in [-0.15, -0.1) is 0 Å². The molecule has 0 bridgehead atoms. The molecule has 13 heavy (non-hydrogen) atoms. The van der Waals surface area contributed by atoms with Gasteiger partial charge in [-0.2, -0.15) is 0 Å². The van der Waals surface area contributed by atoms with Crippen molar-refractivity contribution in [1.29, 1.82) is 0 Å². The van der Waals surface area contributed by atoms with Gasteiger partial charge < -0.3 is 0 Å². The Balaban J connectivity index is 2.81. The van der Waals surface area contributed by atoms with E-state index in [-0.39, 0.29) is 5.46 Å². The minimum atomic E-state index is -0.435. The van der Waals surface area contributed by atoms with Gasteiger partial charge in [-0.1, -0.05) is 23.1 Å². The van der Waals surface area contributed by atoms with Gasteiger partial charge in [0.15, 0.2) is 0 Å². The summed E-state index contributed by atoms with van der Waals surface area (Å²) in [5.41, 5.74) is 0.122. The molecular weight excluding hydrogens is 187 g/mol. The van der Waals surface area contributed by atoms with Crippen LogP contribution in [0.15, 0.2) is 24.4 Å². The lowest BCUT2D eigenvalue weighted by molar-refractivity contribution is 0.638. The largest absolute Gasteiger partial charge is 0.244 e. The molecule has 0 aliphatic heterocycles. The van der Waals surface area contributed by atoms with Crippen molar-refractivity contribution in [3.63, 3.8) is 0 Å². The molecule has 2 radical (unpaired) electrons. The Morgan fingerprint density at radius 2 is 2.00 bits per heavy atom. The van der Waals surface area contributed by atoms with E-state index >= 15 is 0 Å². The maximum absolute atomic E-state index is 13.0. The molecule has 2 aromatic rings. The first-order valence-corrected chi connectivity index (χ1v) is 4.05. The molecule has 1 aromatic heterocycles. The predicted molar refractivity (Wildman–Crippen MR) is 52.1 cm³/mol. The monoisotopic (exact) mass is 191 g/mol. The van der Waals surface area contributed by atoms with Gasteiger partial charge in [0, 0.05) is 6.20 Å². The number of benzene rings is 1. The van der Waals surface area contributed by atoms with Crippen LogP contribution in [0, 0.1) is 5.82 Å². The average Bonchev–Trinajstić information content (AvgIpc) is 2.08. The zero-order chi connectivity index (χ0) is 9.42. The Kier molecular flexibility index (Phi) is 1.96. The van der Waals surface area contributed by atoms with E-state index in [1.165, 1.54) is 12.1 Å². The molecule has 1 aromatic carbocycles. The third kappa shape index (κ3) is 1.52. The molecule has 1 heterocycles. The van der Waals surface area contributed by atoms with Crippen molar-refractivity contribution in [1.82, 2.24) is 4.98 Å². The summed E-state index contributed by atoms with van der Waals surface area (Å²) in [6.07, 6.45) is 1.56. The lowest BCUT2D eigenvalue weighted by Crippen LogP contribution is -2.07. The first-order chi connectivity index (χ1) is 6.16. The van der Waals surface area contributed by atoms with E-state index < -0.39 is 5.82 Å². The van der Waals surface area contributed by atoms with E-state index in [4.69, 9.17) is 19.4 Å². The number of nitrogens with zero attached hydrogens (tertiary/aromatic N) is 1. The Morgan fingerprint density at radius 3 is 2.77 bits per heavy atom. The average molecular weight is 191 g/mol. The summed E-state index contributed by atoms with van der Waals surface area (Å²) in [5, 5.41) is 1.83. The summed E-state index contributed by atoms with van der Waals surface area (Å²) < 4.78 is 13.0. The van der Waals surface area contributed by atoms with Crippen molar-refractivity contribution in [3.05, 3.63) is 35.4 Å². The van der Waals surface area contributed by atoms with Crippen LogP contribution in [0.2, 0.25) is 5.15 Å². The Bertz CT molecular complexity index is 472.